The number of rotatable bonds is 11. The molecule has 7 aromatic carbocycles. The fourth-order valence-corrected chi connectivity index (χ4v) is 11.6. The zero-order valence-electron chi connectivity index (χ0n) is 47.8. The van der Waals surface area contributed by atoms with Gasteiger partial charge < -0.3 is 14.5 Å². The monoisotopic (exact) mass is 1000 g/mol. The van der Waals surface area contributed by atoms with Crippen molar-refractivity contribution in [1.29, 1.82) is 0 Å². The molecule has 0 radical (unpaired) electrons. The van der Waals surface area contributed by atoms with Crippen LogP contribution < -0.4 is 14.5 Å². The summed E-state index contributed by atoms with van der Waals surface area (Å²) in [6.45, 7) is 35.9. The fourth-order valence-electron chi connectivity index (χ4n) is 11.6. The molecule has 76 heavy (non-hydrogen) atoms. The molecule has 388 valence electrons. The highest BCUT2D eigenvalue weighted by molar-refractivity contribution is 6.09. The van der Waals surface area contributed by atoms with Crippen molar-refractivity contribution in [3.8, 4) is 17.3 Å². The van der Waals surface area contributed by atoms with E-state index in [9.17, 15) is 0 Å². The second kappa shape index (κ2) is 19.0. The summed E-state index contributed by atoms with van der Waals surface area (Å²) >= 11 is 0. The number of ether oxygens (including phenoxy) is 1. The van der Waals surface area contributed by atoms with Gasteiger partial charge in [0.15, 0.2) is 0 Å². The van der Waals surface area contributed by atoms with E-state index >= 15 is 0 Å². The third-order valence-corrected chi connectivity index (χ3v) is 16.3. The topological polar surface area (TPSA) is 33.5 Å². The van der Waals surface area contributed by atoms with Crippen LogP contribution in [0.25, 0.3) is 27.6 Å². The molecule has 0 aliphatic carbocycles. The van der Waals surface area contributed by atoms with Crippen molar-refractivity contribution in [3.63, 3.8) is 0 Å². The number of benzene rings is 7. The van der Waals surface area contributed by atoms with Crippen molar-refractivity contribution < 1.29 is 4.74 Å². The molecule has 0 unspecified atom stereocenters. The van der Waals surface area contributed by atoms with Gasteiger partial charge in [-0.05, 0) is 99.0 Å². The van der Waals surface area contributed by atoms with E-state index in [1.807, 2.05) is 6.20 Å². The largest absolute Gasteiger partial charge is 0.457 e. The predicted molar refractivity (Wildman–Crippen MR) is 322 cm³/mol. The number of hydrogen-bond donors (Lipinski definition) is 0. The van der Waals surface area contributed by atoms with Crippen molar-refractivity contribution in [1.82, 2.24) is 9.55 Å². The summed E-state index contributed by atoms with van der Waals surface area (Å²) in [6, 6.07) is 66.6. The van der Waals surface area contributed by atoms with Gasteiger partial charge in [-0.2, -0.15) is 0 Å². The van der Waals surface area contributed by atoms with Crippen LogP contribution in [0.3, 0.4) is 0 Å². The molecule has 9 aromatic rings. The average molecular weight is 1000 g/mol. The molecule has 0 fully saturated rings. The predicted octanol–water partition coefficient (Wildman–Crippen LogP) is 18.8. The molecule has 3 heterocycles. The maximum Gasteiger partial charge on any atom is 0.137 e. The summed E-state index contributed by atoms with van der Waals surface area (Å²) < 4.78 is 9.47. The minimum absolute atomic E-state index is 0.165. The molecular weight excluding hydrogens is 925 g/mol. The van der Waals surface area contributed by atoms with Gasteiger partial charge in [-0.1, -0.05) is 219 Å². The van der Waals surface area contributed by atoms with Gasteiger partial charge in [-0.15, -0.1) is 0 Å². The van der Waals surface area contributed by atoms with Crippen LogP contribution in [-0.2, 0) is 21.7 Å². The first-order valence-corrected chi connectivity index (χ1v) is 27.3. The number of fused-ring (bicyclic) bond motifs is 3. The highest BCUT2D eigenvalue weighted by Crippen LogP contribution is 2.51. The van der Waals surface area contributed by atoms with Gasteiger partial charge in [0.2, 0.25) is 0 Å². The van der Waals surface area contributed by atoms with E-state index in [0.717, 1.165) is 39.4 Å². The lowest BCUT2D eigenvalue weighted by molar-refractivity contribution is 0.444. The second-order valence-electron chi connectivity index (χ2n) is 25.9. The van der Waals surface area contributed by atoms with Gasteiger partial charge in [-0.25, -0.2) is 4.98 Å². The minimum Gasteiger partial charge on any atom is -0.457 e. The smallest absolute Gasteiger partial charge is 0.137 e. The van der Waals surface area contributed by atoms with Gasteiger partial charge in [-0.3, -0.25) is 4.57 Å². The van der Waals surface area contributed by atoms with Crippen molar-refractivity contribution in [2.75, 3.05) is 16.5 Å². The molecule has 0 N–H and O–H groups in total. The third kappa shape index (κ3) is 9.63. The van der Waals surface area contributed by atoms with Gasteiger partial charge in [0, 0.05) is 78.9 Å². The number of para-hydroxylation sites is 1. The zero-order chi connectivity index (χ0) is 54.2. The normalized spacial score (nSPS) is 14.1. The summed E-state index contributed by atoms with van der Waals surface area (Å²) in [7, 11) is 0. The Morgan fingerprint density at radius 3 is 1.33 bits per heavy atom. The van der Waals surface area contributed by atoms with Crippen LogP contribution in [0.15, 0.2) is 200 Å². The third-order valence-electron chi connectivity index (χ3n) is 16.3. The van der Waals surface area contributed by atoms with E-state index in [0.29, 0.717) is 6.67 Å². The Morgan fingerprint density at radius 1 is 0.355 bits per heavy atom. The molecular formula is C71H78N4O. The maximum atomic E-state index is 7.17. The number of hydrogen-bond acceptors (Lipinski definition) is 4. The molecule has 0 spiro atoms. The highest BCUT2D eigenvalue weighted by Gasteiger charge is 2.43. The molecule has 1 aliphatic heterocycles. The molecule has 10 rings (SSSR count). The van der Waals surface area contributed by atoms with Gasteiger partial charge in [0.1, 0.15) is 17.3 Å². The molecule has 0 atom stereocenters. The van der Waals surface area contributed by atoms with Crippen LogP contribution in [-0.4, -0.2) is 16.2 Å². The lowest BCUT2D eigenvalue weighted by Crippen LogP contribution is -2.32. The second-order valence-corrected chi connectivity index (χ2v) is 25.9. The molecule has 0 bridgehead atoms. The minimum atomic E-state index is -0.263. The Hall–Kier alpha value is -7.37. The summed E-state index contributed by atoms with van der Waals surface area (Å²) in [6.07, 6.45) is 1.95. The molecule has 0 saturated heterocycles. The molecule has 0 amide bonds. The number of anilines is 2. The Kier molecular flexibility index (Phi) is 13.0. The molecule has 1 aliphatic rings. The number of allylic oxidation sites excluding steroid dienone is 2. The van der Waals surface area contributed by atoms with E-state index < -0.39 is 0 Å². The first-order chi connectivity index (χ1) is 35.8. The van der Waals surface area contributed by atoms with Crippen LogP contribution in [0, 0.1) is 10.8 Å². The molecule has 2 aromatic heterocycles. The van der Waals surface area contributed by atoms with Gasteiger partial charge in [0.25, 0.3) is 0 Å². The lowest BCUT2D eigenvalue weighted by Gasteiger charge is -2.36. The van der Waals surface area contributed by atoms with Gasteiger partial charge >= 0.3 is 0 Å². The summed E-state index contributed by atoms with van der Waals surface area (Å²) in [5.74, 6) is 2.45. The fraction of sp³-hybridized carbons (Fsp3) is 0.310. The van der Waals surface area contributed by atoms with Crippen LogP contribution in [0.1, 0.15) is 143 Å². The number of aromatic nitrogens is 2. The van der Waals surface area contributed by atoms with Crippen LogP contribution in [0.5, 0.6) is 11.5 Å². The van der Waals surface area contributed by atoms with Crippen molar-refractivity contribution >= 4 is 33.2 Å². The summed E-state index contributed by atoms with van der Waals surface area (Å²) in [4.78, 5) is 10.2. The SMILES string of the molecule is CC(C)(C)C1=C(C(C)(C)C)N(c2cc(C(C)(C)c3ccccc3)cc(C(C)(C)c3ccccc3)c2)CN1c1cc(Oc2ccc3c4ccccc4n(-c4cc(C(C)(C)c5ccccc5)ccn4)c3c2)cc(C(C)(C)C)c1. The Bertz CT molecular complexity index is 3540. The van der Waals surface area contributed by atoms with Crippen molar-refractivity contribution in [2.24, 2.45) is 10.8 Å². The van der Waals surface area contributed by atoms with E-state index in [-0.39, 0.29) is 32.5 Å². The van der Waals surface area contributed by atoms with E-state index in [2.05, 4.69) is 300 Å². The quantitative estimate of drug-likeness (QED) is 0.129. The molecule has 5 heteroatoms. The zero-order valence-corrected chi connectivity index (χ0v) is 47.8. The lowest BCUT2D eigenvalue weighted by atomic mass is 9.73. The van der Waals surface area contributed by atoms with Crippen LogP contribution in [0.2, 0.25) is 0 Å². The Labute approximate surface area is 453 Å². The average Bonchev–Trinajstić information content (AvgIpc) is 3.98. The summed E-state index contributed by atoms with van der Waals surface area (Å²) in [5, 5.41) is 2.33. The molecule has 0 saturated carbocycles. The number of nitrogens with zero attached hydrogens (tertiary/aromatic N) is 4. The van der Waals surface area contributed by atoms with Crippen molar-refractivity contribution in [2.45, 2.75) is 126 Å². The standard InChI is InChI=1S/C71H78N4O/c1-66(2,3)52-40-56(45-58(43-52)76-57-35-36-60-59-33-25-26-34-61(59)75(62(60)46-57)63-44-51(37-38-72-63)69(10,11)48-27-19-16-20-28-48)74-47-73(64(67(4,5)6)65(74)68(7,8)9)55-41-53(70(12,13)49-29-21-17-22-30-49)39-54(42-55)71(14,15)50-31-23-18-24-32-50/h16-46H,47H2,1-15H3. The van der Waals surface area contributed by atoms with Crippen LogP contribution >= 0.6 is 0 Å². The Balaban J connectivity index is 1.10. The summed E-state index contributed by atoms with van der Waals surface area (Å²) in [5.41, 5.74) is 14.6. The number of pyridine rings is 1. The van der Waals surface area contributed by atoms with Crippen LogP contribution in [0.4, 0.5) is 11.4 Å². The Morgan fingerprint density at radius 2 is 0.816 bits per heavy atom. The van der Waals surface area contributed by atoms with E-state index in [1.165, 1.54) is 61.4 Å². The first-order valence-electron chi connectivity index (χ1n) is 27.3. The highest BCUT2D eigenvalue weighted by atomic mass is 16.5. The van der Waals surface area contributed by atoms with E-state index in [4.69, 9.17) is 9.72 Å². The van der Waals surface area contributed by atoms with Gasteiger partial charge in [0.05, 0.1) is 17.7 Å². The van der Waals surface area contributed by atoms with Crippen molar-refractivity contribution in [3.05, 3.63) is 239 Å². The molecule has 5 nitrogen and oxygen atoms in total. The van der Waals surface area contributed by atoms with E-state index in [1.54, 1.807) is 0 Å². The maximum absolute atomic E-state index is 7.17. The first kappa shape index (κ1) is 52.1.